The third-order valence-electron chi connectivity index (χ3n) is 5.21. The van der Waals surface area contributed by atoms with Crippen molar-refractivity contribution in [3.63, 3.8) is 0 Å². The lowest BCUT2D eigenvalue weighted by Crippen LogP contribution is -2.29. The summed E-state index contributed by atoms with van der Waals surface area (Å²) >= 11 is 0. The molecule has 0 fully saturated rings. The maximum absolute atomic E-state index is 12.6. The molecule has 2 aromatic rings. The second-order valence-electron chi connectivity index (χ2n) is 7.19. The predicted octanol–water partition coefficient (Wildman–Crippen LogP) is 5.03. The summed E-state index contributed by atoms with van der Waals surface area (Å²) in [6.07, 6.45) is 8.13. The SMILES string of the molecule is CC(C(=O)NCCC1=CCCCC1)c1cccc(C(=O)c2ccccc2)c1. The first-order valence-electron chi connectivity index (χ1n) is 9.80. The third kappa shape index (κ3) is 5.16. The minimum atomic E-state index is -0.283. The summed E-state index contributed by atoms with van der Waals surface area (Å²) < 4.78 is 0. The zero-order valence-corrected chi connectivity index (χ0v) is 15.9. The number of amides is 1. The van der Waals surface area contributed by atoms with Gasteiger partial charge in [0, 0.05) is 17.7 Å². The molecule has 1 aliphatic rings. The van der Waals surface area contributed by atoms with Gasteiger partial charge in [0.15, 0.2) is 5.78 Å². The van der Waals surface area contributed by atoms with Crippen molar-refractivity contribution in [2.45, 2.75) is 44.9 Å². The molecular weight excluding hydrogens is 334 g/mol. The molecule has 0 saturated carbocycles. The number of nitrogens with one attached hydrogen (secondary N) is 1. The maximum atomic E-state index is 12.6. The van der Waals surface area contributed by atoms with Crippen molar-refractivity contribution in [3.05, 3.63) is 82.9 Å². The van der Waals surface area contributed by atoms with Crippen LogP contribution in [0.25, 0.3) is 0 Å². The van der Waals surface area contributed by atoms with Crippen molar-refractivity contribution in [2.24, 2.45) is 0 Å². The van der Waals surface area contributed by atoms with Crippen LogP contribution in [-0.4, -0.2) is 18.2 Å². The number of carbonyl (C=O) groups excluding carboxylic acids is 2. The molecule has 140 valence electrons. The van der Waals surface area contributed by atoms with Crippen LogP contribution in [0.1, 0.15) is 66.4 Å². The van der Waals surface area contributed by atoms with Crippen molar-refractivity contribution in [2.75, 3.05) is 6.54 Å². The highest BCUT2D eigenvalue weighted by Crippen LogP contribution is 2.21. The number of allylic oxidation sites excluding steroid dienone is 1. The molecule has 0 aliphatic heterocycles. The number of hydrogen-bond acceptors (Lipinski definition) is 2. The summed E-state index contributed by atoms with van der Waals surface area (Å²) in [4.78, 5) is 25.2. The summed E-state index contributed by atoms with van der Waals surface area (Å²) in [6, 6.07) is 16.6. The van der Waals surface area contributed by atoms with Crippen LogP contribution in [0.3, 0.4) is 0 Å². The van der Waals surface area contributed by atoms with Crippen LogP contribution < -0.4 is 5.32 Å². The average molecular weight is 361 g/mol. The first-order chi connectivity index (χ1) is 13.1. The number of benzene rings is 2. The summed E-state index contributed by atoms with van der Waals surface area (Å²) in [5.41, 5.74) is 3.61. The van der Waals surface area contributed by atoms with E-state index in [2.05, 4.69) is 11.4 Å². The van der Waals surface area contributed by atoms with Crippen LogP contribution >= 0.6 is 0 Å². The molecule has 27 heavy (non-hydrogen) atoms. The maximum Gasteiger partial charge on any atom is 0.227 e. The molecule has 1 unspecified atom stereocenters. The molecule has 1 aliphatic carbocycles. The fourth-order valence-corrected chi connectivity index (χ4v) is 3.49. The van der Waals surface area contributed by atoms with Crippen molar-refractivity contribution in [1.29, 1.82) is 0 Å². The van der Waals surface area contributed by atoms with Gasteiger partial charge in [-0.15, -0.1) is 0 Å². The molecule has 0 spiro atoms. The van der Waals surface area contributed by atoms with Gasteiger partial charge in [0.2, 0.25) is 5.91 Å². The normalized spacial score (nSPS) is 14.9. The van der Waals surface area contributed by atoms with Crippen LogP contribution in [0.4, 0.5) is 0 Å². The smallest absolute Gasteiger partial charge is 0.227 e. The third-order valence-corrected chi connectivity index (χ3v) is 5.21. The monoisotopic (exact) mass is 361 g/mol. The van der Waals surface area contributed by atoms with Crippen molar-refractivity contribution >= 4 is 11.7 Å². The van der Waals surface area contributed by atoms with Gasteiger partial charge in [-0.25, -0.2) is 0 Å². The lowest BCUT2D eigenvalue weighted by molar-refractivity contribution is -0.122. The van der Waals surface area contributed by atoms with E-state index in [1.165, 1.54) is 24.8 Å². The van der Waals surface area contributed by atoms with E-state index in [1.807, 2.05) is 55.5 Å². The fourth-order valence-electron chi connectivity index (χ4n) is 3.49. The Hall–Kier alpha value is -2.68. The topological polar surface area (TPSA) is 46.2 Å². The fraction of sp³-hybridized carbons (Fsp3) is 0.333. The van der Waals surface area contributed by atoms with Gasteiger partial charge in [-0.2, -0.15) is 0 Å². The molecule has 0 saturated heterocycles. The Kier molecular flexibility index (Phi) is 6.59. The summed E-state index contributed by atoms with van der Waals surface area (Å²) in [7, 11) is 0. The minimum absolute atomic E-state index is 0.00993. The van der Waals surface area contributed by atoms with E-state index in [1.54, 1.807) is 6.07 Å². The van der Waals surface area contributed by atoms with E-state index in [0.717, 1.165) is 18.4 Å². The van der Waals surface area contributed by atoms with E-state index in [9.17, 15) is 9.59 Å². The van der Waals surface area contributed by atoms with E-state index in [-0.39, 0.29) is 17.6 Å². The van der Waals surface area contributed by atoms with Crippen molar-refractivity contribution in [1.82, 2.24) is 5.32 Å². The number of hydrogen-bond donors (Lipinski definition) is 1. The summed E-state index contributed by atoms with van der Waals surface area (Å²) in [5, 5.41) is 3.04. The van der Waals surface area contributed by atoms with E-state index in [4.69, 9.17) is 0 Å². The highest BCUT2D eigenvalue weighted by atomic mass is 16.1. The van der Waals surface area contributed by atoms with Gasteiger partial charge in [0.1, 0.15) is 0 Å². The molecule has 3 nitrogen and oxygen atoms in total. The molecule has 1 atom stereocenters. The van der Waals surface area contributed by atoms with Gasteiger partial charge in [-0.3, -0.25) is 9.59 Å². The zero-order valence-electron chi connectivity index (χ0n) is 15.9. The first kappa shape index (κ1) is 19.1. The van der Waals surface area contributed by atoms with E-state index < -0.39 is 0 Å². The first-order valence-corrected chi connectivity index (χ1v) is 9.80. The van der Waals surface area contributed by atoms with Crippen LogP contribution in [0, 0.1) is 0 Å². The Morgan fingerprint density at radius 3 is 2.52 bits per heavy atom. The van der Waals surface area contributed by atoms with Gasteiger partial charge < -0.3 is 5.32 Å². The van der Waals surface area contributed by atoms with Crippen LogP contribution in [0.2, 0.25) is 0 Å². The predicted molar refractivity (Wildman–Crippen MR) is 109 cm³/mol. The van der Waals surface area contributed by atoms with Crippen molar-refractivity contribution < 1.29 is 9.59 Å². The van der Waals surface area contributed by atoms with Gasteiger partial charge in [-0.05, 0) is 50.7 Å². The quantitative estimate of drug-likeness (QED) is 0.555. The second kappa shape index (κ2) is 9.31. The summed E-state index contributed by atoms with van der Waals surface area (Å²) in [6.45, 7) is 2.57. The van der Waals surface area contributed by atoms with E-state index in [0.29, 0.717) is 17.7 Å². The average Bonchev–Trinajstić information content (AvgIpc) is 2.74. The highest BCUT2D eigenvalue weighted by molar-refractivity contribution is 6.09. The Morgan fingerprint density at radius 2 is 1.78 bits per heavy atom. The molecule has 1 amide bonds. The molecular formula is C24H27NO2. The lowest BCUT2D eigenvalue weighted by Gasteiger charge is -2.16. The van der Waals surface area contributed by atoms with Crippen molar-refractivity contribution in [3.8, 4) is 0 Å². The molecule has 2 aromatic carbocycles. The van der Waals surface area contributed by atoms with Crippen LogP contribution in [0.5, 0.6) is 0 Å². The number of ketones is 1. The molecule has 3 heteroatoms. The molecule has 3 rings (SSSR count). The minimum Gasteiger partial charge on any atom is -0.355 e. The van der Waals surface area contributed by atoms with Gasteiger partial charge in [-0.1, -0.05) is 60.2 Å². The largest absolute Gasteiger partial charge is 0.355 e. The Balaban J connectivity index is 1.60. The Bertz CT molecular complexity index is 823. The zero-order chi connectivity index (χ0) is 19.1. The number of carbonyl (C=O) groups is 2. The Morgan fingerprint density at radius 1 is 1.00 bits per heavy atom. The van der Waals surface area contributed by atoms with Gasteiger partial charge >= 0.3 is 0 Å². The van der Waals surface area contributed by atoms with Crippen LogP contribution in [0.15, 0.2) is 66.2 Å². The van der Waals surface area contributed by atoms with Gasteiger partial charge in [0.25, 0.3) is 0 Å². The molecule has 0 heterocycles. The lowest BCUT2D eigenvalue weighted by atomic mass is 9.95. The van der Waals surface area contributed by atoms with Gasteiger partial charge in [0.05, 0.1) is 5.92 Å². The van der Waals surface area contributed by atoms with Crippen LogP contribution in [-0.2, 0) is 4.79 Å². The number of rotatable bonds is 7. The molecule has 0 bridgehead atoms. The summed E-state index contributed by atoms with van der Waals surface area (Å²) in [5.74, 6) is -0.293. The molecule has 0 radical (unpaired) electrons. The van der Waals surface area contributed by atoms with E-state index >= 15 is 0 Å². The second-order valence-corrected chi connectivity index (χ2v) is 7.19. The molecule has 0 aromatic heterocycles. The Labute approximate surface area is 161 Å². The standard InChI is InChI=1S/C24H27NO2/c1-18(24(27)25-16-15-19-9-4-2-5-10-19)21-13-8-14-22(17-21)23(26)20-11-6-3-7-12-20/h3,6-9,11-14,17-18H,2,4-5,10,15-16H2,1H3,(H,25,27). The molecule has 1 N–H and O–H groups in total. The highest BCUT2D eigenvalue weighted by Gasteiger charge is 2.17.